The molecule has 0 spiro atoms. The molecule has 4 heterocycles. The van der Waals surface area contributed by atoms with Gasteiger partial charge < -0.3 is 34.2 Å². The molecule has 1 fully saturated rings. The van der Waals surface area contributed by atoms with Crippen molar-refractivity contribution in [1.82, 2.24) is 15.0 Å². The van der Waals surface area contributed by atoms with Crippen molar-refractivity contribution in [1.29, 1.82) is 0 Å². The van der Waals surface area contributed by atoms with Crippen molar-refractivity contribution in [3.8, 4) is 22.8 Å². The predicted octanol–water partition coefficient (Wildman–Crippen LogP) is 4.12. The second kappa shape index (κ2) is 9.76. The van der Waals surface area contributed by atoms with Crippen molar-refractivity contribution in [3.63, 3.8) is 0 Å². The SMILES string of the molecule is COc1c(Cl)cccc1Nc1c(-c2ccncc2OC[C@@H]2COCCO2)[nH]c2cc[nH]c(=O)c12. The van der Waals surface area contributed by atoms with Crippen LogP contribution in [0.5, 0.6) is 11.5 Å². The van der Waals surface area contributed by atoms with E-state index in [1.165, 1.54) is 0 Å². The number of hydrogen-bond acceptors (Lipinski definition) is 7. The van der Waals surface area contributed by atoms with Crippen LogP contribution in [0.3, 0.4) is 0 Å². The molecule has 3 N–H and O–H groups in total. The van der Waals surface area contributed by atoms with Gasteiger partial charge in [0.25, 0.3) is 5.56 Å². The Morgan fingerprint density at radius 3 is 3.00 bits per heavy atom. The van der Waals surface area contributed by atoms with Crippen LogP contribution in [0.2, 0.25) is 5.02 Å². The molecular weight excluding hydrogens is 460 g/mol. The zero-order chi connectivity index (χ0) is 23.5. The molecule has 1 aliphatic rings. The fourth-order valence-electron chi connectivity index (χ4n) is 3.95. The van der Waals surface area contributed by atoms with Crippen molar-refractivity contribution in [2.45, 2.75) is 6.10 Å². The zero-order valence-corrected chi connectivity index (χ0v) is 19.1. The largest absolute Gasteiger partial charge is 0.493 e. The number of ether oxygens (including phenoxy) is 4. The molecule has 4 aromatic rings. The highest BCUT2D eigenvalue weighted by molar-refractivity contribution is 6.32. The molecule has 0 bridgehead atoms. The Kier molecular flexibility index (Phi) is 6.39. The van der Waals surface area contributed by atoms with E-state index >= 15 is 0 Å². The van der Waals surface area contributed by atoms with Crippen LogP contribution in [-0.2, 0) is 9.47 Å². The smallest absolute Gasteiger partial charge is 0.259 e. The number of methoxy groups -OCH3 is 1. The summed E-state index contributed by atoms with van der Waals surface area (Å²) in [5.74, 6) is 1.01. The minimum absolute atomic E-state index is 0.166. The van der Waals surface area contributed by atoms with Crippen LogP contribution in [0.25, 0.3) is 22.2 Å². The predicted molar refractivity (Wildman–Crippen MR) is 129 cm³/mol. The lowest BCUT2D eigenvalue weighted by Gasteiger charge is -2.23. The van der Waals surface area contributed by atoms with Gasteiger partial charge >= 0.3 is 0 Å². The lowest BCUT2D eigenvalue weighted by molar-refractivity contribution is -0.101. The number of para-hydroxylation sites is 1. The molecule has 176 valence electrons. The minimum atomic E-state index is -0.243. The number of rotatable bonds is 7. The number of pyridine rings is 2. The monoisotopic (exact) mass is 482 g/mol. The topological polar surface area (TPSA) is 110 Å². The summed E-state index contributed by atoms with van der Waals surface area (Å²) in [7, 11) is 1.54. The quantitative estimate of drug-likeness (QED) is 0.363. The third-order valence-electron chi connectivity index (χ3n) is 5.51. The first-order chi connectivity index (χ1) is 16.7. The van der Waals surface area contributed by atoms with Gasteiger partial charge in [0.2, 0.25) is 0 Å². The summed E-state index contributed by atoms with van der Waals surface area (Å²) in [6.45, 7) is 1.90. The molecule has 9 nitrogen and oxygen atoms in total. The Morgan fingerprint density at radius 1 is 1.26 bits per heavy atom. The minimum Gasteiger partial charge on any atom is -0.493 e. The Hall–Kier alpha value is -3.53. The molecule has 1 aromatic carbocycles. The Labute approximate surface area is 200 Å². The van der Waals surface area contributed by atoms with Gasteiger partial charge in [-0.3, -0.25) is 9.78 Å². The van der Waals surface area contributed by atoms with Crippen LogP contribution in [0.1, 0.15) is 0 Å². The third-order valence-corrected chi connectivity index (χ3v) is 5.81. The van der Waals surface area contributed by atoms with Crippen LogP contribution in [0.15, 0.2) is 53.7 Å². The number of halogens is 1. The maximum atomic E-state index is 12.8. The molecule has 1 saturated heterocycles. The second-order valence-corrected chi connectivity index (χ2v) is 8.07. The second-order valence-electron chi connectivity index (χ2n) is 7.67. The first-order valence-electron chi connectivity index (χ1n) is 10.7. The maximum Gasteiger partial charge on any atom is 0.259 e. The molecule has 5 rings (SSSR count). The van der Waals surface area contributed by atoms with Gasteiger partial charge in [-0.25, -0.2) is 0 Å². The molecule has 0 aliphatic carbocycles. The average molecular weight is 483 g/mol. The van der Waals surface area contributed by atoms with Gasteiger partial charge in [-0.05, 0) is 24.3 Å². The maximum absolute atomic E-state index is 12.8. The number of nitrogens with zero attached hydrogens (tertiary/aromatic N) is 1. The lowest BCUT2D eigenvalue weighted by atomic mass is 10.1. The van der Waals surface area contributed by atoms with Gasteiger partial charge in [-0.1, -0.05) is 17.7 Å². The van der Waals surface area contributed by atoms with Crippen molar-refractivity contribution >= 4 is 33.9 Å². The summed E-state index contributed by atoms with van der Waals surface area (Å²) in [6, 6.07) is 9.00. The first-order valence-corrected chi connectivity index (χ1v) is 11.1. The molecular formula is C24H23ClN4O5. The van der Waals surface area contributed by atoms with Gasteiger partial charge in [-0.15, -0.1) is 0 Å². The highest BCUT2D eigenvalue weighted by Crippen LogP contribution is 2.42. The number of hydrogen-bond donors (Lipinski definition) is 3. The van der Waals surface area contributed by atoms with Crippen molar-refractivity contribution < 1.29 is 18.9 Å². The Bertz CT molecular complexity index is 1360. The van der Waals surface area contributed by atoms with E-state index in [0.717, 1.165) is 5.56 Å². The lowest BCUT2D eigenvalue weighted by Crippen LogP contribution is -2.33. The summed E-state index contributed by atoms with van der Waals surface area (Å²) >= 11 is 6.33. The molecule has 0 saturated carbocycles. The molecule has 0 unspecified atom stereocenters. The molecule has 34 heavy (non-hydrogen) atoms. The molecule has 1 aliphatic heterocycles. The highest BCUT2D eigenvalue weighted by atomic mass is 35.5. The third kappa shape index (κ3) is 4.33. The summed E-state index contributed by atoms with van der Waals surface area (Å²) in [4.78, 5) is 23.1. The average Bonchev–Trinajstić information content (AvgIpc) is 3.23. The van der Waals surface area contributed by atoms with Crippen LogP contribution in [0, 0.1) is 0 Å². The summed E-state index contributed by atoms with van der Waals surface area (Å²) in [5.41, 5.74) is 2.98. The number of H-pyrrole nitrogens is 2. The van der Waals surface area contributed by atoms with Gasteiger partial charge in [0.05, 0.1) is 66.1 Å². The number of aromatic nitrogens is 3. The van der Waals surface area contributed by atoms with Crippen LogP contribution in [0.4, 0.5) is 11.4 Å². The van der Waals surface area contributed by atoms with E-state index < -0.39 is 0 Å². The fraction of sp³-hybridized carbons (Fsp3) is 0.250. The number of nitrogens with one attached hydrogen (secondary N) is 3. The van der Waals surface area contributed by atoms with E-state index in [1.807, 2.05) is 12.1 Å². The number of fused-ring (bicyclic) bond motifs is 1. The van der Waals surface area contributed by atoms with Crippen LogP contribution < -0.4 is 20.3 Å². The van der Waals surface area contributed by atoms with Crippen molar-refractivity contribution in [3.05, 3.63) is 64.3 Å². The van der Waals surface area contributed by atoms with Crippen molar-refractivity contribution in [2.75, 3.05) is 38.9 Å². The fourth-order valence-corrected chi connectivity index (χ4v) is 4.20. The normalized spacial score (nSPS) is 15.9. The van der Waals surface area contributed by atoms with E-state index in [0.29, 0.717) is 70.9 Å². The van der Waals surface area contributed by atoms with Gasteiger partial charge in [0.15, 0.2) is 5.75 Å². The van der Waals surface area contributed by atoms with Gasteiger partial charge in [-0.2, -0.15) is 0 Å². The summed E-state index contributed by atoms with van der Waals surface area (Å²) in [6.07, 6.45) is 4.74. The van der Waals surface area contributed by atoms with E-state index in [9.17, 15) is 4.79 Å². The van der Waals surface area contributed by atoms with Gasteiger partial charge in [0.1, 0.15) is 18.5 Å². The molecule has 0 radical (unpaired) electrons. The van der Waals surface area contributed by atoms with E-state index in [2.05, 4.69) is 20.3 Å². The standard InChI is InChI=1S/C24H23ClN4O5/c1-31-23-16(25)3-2-4-18(23)29-22-20-17(6-8-27-24(20)30)28-21(22)15-5-7-26-11-19(15)34-13-14-12-32-9-10-33-14/h2-8,11,14,28-29H,9-10,12-13H2,1H3,(H,27,30)/t14-/m0/s1. The van der Waals surface area contributed by atoms with E-state index in [1.54, 1.807) is 43.9 Å². The molecule has 1 atom stereocenters. The number of benzene rings is 1. The Morgan fingerprint density at radius 2 is 2.18 bits per heavy atom. The number of anilines is 2. The Balaban J connectivity index is 1.59. The molecule has 10 heteroatoms. The highest BCUT2D eigenvalue weighted by Gasteiger charge is 2.22. The van der Waals surface area contributed by atoms with E-state index in [4.69, 9.17) is 30.5 Å². The molecule has 0 amide bonds. The zero-order valence-electron chi connectivity index (χ0n) is 18.4. The first kappa shape index (κ1) is 22.3. The number of aromatic amines is 2. The summed E-state index contributed by atoms with van der Waals surface area (Å²) in [5, 5.41) is 4.26. The molecule has 3 aromatic heterocycles. The van der Waals surface area contributed by atoms with Gasteiger partial charge in [0, 0.05) is 18.0 Å². The van der Waals surface area contributed by atoms with Crippen LogP contribution >= 0.6 is 11.6 Å². The van der Waals surface area contributed by atoms with Crippen molar-refractivity contribution in [2.24, 2.45) is 0 Å². The van der Waals surface area contributed by atoms with E-state index in [-0.39, 0.29) is 11.7 Å². The summed E-state index contributed by atoms with van der Waals surface area (Å²) < 4.78 is 22.7. The van der Waals surface area contributed by atoms with Crippen LogP contribution in [-0.4, -0.2) is 54.6 Å².